The van der Waals surface area contributed by atoms with Gasteiger partial charge in [-0.2, -0.15) is 0 Å². The zero-order chi connectivity index (χ0) is 21.1. The molecule has 1 N–H and O–H groups in total. The third kappa shape index (κ3) is 3.87. The lowest BCUT2D eigenvalue weighted by Gasteiger charge is -2.37. The van der Waals surface area contributed by atoms with Gasteiger partial charge in [-0.05, 0) is 30.3 Å². The van der Waals surface area contributed by atoms with Gasteiger partial charge in [-0.25, -0.2) is 0 Å². The van der Waals surface area contributed by atoms with Crippen LogP contribution in [0.15, 0.2) is 65.1 Å². The average Bonchev–Trinajstić information content (AvgIpc) is 3.23. The molecule has 0 fully saturated rings. The summed E-state index contributed by atoms with van der Waals surface area (Å²) < 4.78 is 16.4. The summed E-state index contributed by atoms with van der Waals surface area (Å²) in [5.74, 6) is 1.27. The number of hydrogen-bond acceptors (Lipinski definition) is 6. The molecule has 7 nitrogen and oxygen atoms in total. The van der Waals surface area contributed by atoms with E-state index in [1.165, 1.54) is 6.92 Å². The molecule has 1 aliphatic rings. The molecule has 0 aliphatic carbocycles. The molecule has 0 saturated carbocycles. The molecule has 0 saturated heterocycles. The van der Waals surface area contributed by atoms with Crippen LogP contribution in [0.5, 0.6) is 5.75 Å². The summed E-state index contributed by atoms with van der Waals surface area (Å²) in [7, 11) is 1.61. The number of ether oxygens (including phenoxy) is 2. The number of benzene rings is 2. The van der Waals surface area contributed by atoms with Crippen LogP contribution in [-0.4, -0.2) is 23.9 Å². The molecule has 0 radical (unpaired) electrons. The second-order valence-electron chi connectivity index (χ2n) is 6.92. The first-order chi connectivity index (χ1) is 14.6. The van der Waals surface area contributed by atoms with Crippen molar-refractivity contribution >= 4 is 17.6 Å². The Morgan fingerprint density at radius 2 is 1.87 bits per heavy atom. The van der Waals surface area contributed by atoms with Crippen LogP contribution < -0.4 is 10.1 Å². The maximum atomic E-state index is 13.4. The highest BCUT2D eigenvalue weighted by molar-refractivity contribution is 6.01. The Labute approximate surface area is 174 Å². The number of rotatable bonds is 6. The standard InChI is InChI=1S/C23H22N2O5/c1-15(26)29-14-17-11-12-21(30-17)22-24-19-9-5-4-8-18(19)23(27)25(22)13-16-7-3-6-10-20(16)28-2/h3-12,22,24H,13-14H2,1-2H3. The van der Waals surface area contributed by atoms with Gasteiger partial charge in [-0.15, -0.1) is 0 Å². The van der Waals surface area contributed by atoms with Crippen molar-refractivity contribution in [1.29, 1.82) is 0 Å². The van der Waals surface area contributed by atoms with Gasteiger partial charge in [0.25, 0.3) is 5.91 Å². The topological polar surface area (TPSA) is 81.0 Å². The maximum Gasteiger partial charge on any atom is 0.303 e. The van der Waals surface area contributed by atoms with E-state index in [0.717, 1.165) is 11.3 Å². The molecule has 7 heteroatoms. The molecular formula is C23H22N2O5. The normalized spacial score (nSPS) is 15.3. The Morgan fingerprint density at radius 1 is 1.10 bits per heavy atom. The first-order valence-electron chi connectivity index (χ1n) is 9.57. The highest BCUT2D eigenvalue weighted by Crippen LogP contribution is 2.36. The zero-order valence-corrected chi connectivity index (χ0v) is 16.8. The number of fused-ring (bicyclic) bond motifs is 1. The van der Waals surface area contributed by atoms with Gasteiger partial charge in [-0.3, -0.25) is 9.59 Å². The number of furan rings is 1. The number of carbonyl (C=O) groups excluding carboxylic acids is 2. The van der Waals surface area contributed by atoms with E-state index in [1.54, 1.807) is 30.2 Å². The Kier molecular flexibility index (Phi) is 5.43. The molecule has 1 atom stereocenters. The SMILES string of the molecule is COc1ccccc1CN1C(=O)c2ccccc2NC1c1ccc(COC(C)=O)o1. The van der Waals surface area contributed by atoms with Crippen LogP contribution in [0.3, 0.4) is 0 Å². The van der Waals surface area contributed by atoms with Crippen molar-refractivity contribution in [3.63, 3.8) is 0 Å². The smallest absolute Gasteiger partial charge is 0.303 e. The summed E-state index contributed by atoms with van der Waals surface area (Å²) in [5.41, 5.74) is 2.21. The minimum atomic E-state index is -0.525. The first kappa shape index (κ1) is 19.6. The average molecular weight is 406 g/mol. The van der Waals surface area contributed by atoms with Crippen LogP contribution in [0.25, 0.3) is 0 Å². The summed E-state index contributed by atoms with van der Waals surface area (Å²) in [6.45, 7) is 1.71. The van der Waals surface area contributed by atoms with Gasteiger partial charge in [-0.1, -0.05) is 30.3 Å². The molecule has 0 spiro atoms. The lowest BCUT2D eigenvalue weighted by Crippen LogP contribution is -2.42. The molecule has 1 unspecified atom stereocenters. The molecule has 1 amide bonds. The summed E-state index contributed by atoms with van der Waals surface area (Å²) in [5, 5.41) is 3.39. The number of para-hydroxylation sites is 2. The number of nitrogens with one attached hydrogen (secondary N) is 1. The quantitative estimate of drug-likeness (QED) is 0.621. The van der Waals surface area contributed by atoms with Crippen LogP contribution in [0.2, 0.25) is 0 Å². The fourth-order valence-corrected chi connectivity index (χ4v) is 3.49. The van der Waals surface area contributed by atoms with E-state index in [9.17, 15) is 9.59 Å². The van der Waals surface area contributed by atoms with Gasteiger partial charge in [0.05, 0.1) is 19.2 Å². The molecule has 30 heavy (non-hydrogen) atoms. The number of anilines is 1. The minimum absolute atomic E-state index is 0.0408. The van der Waals surface area contributed by atoms with Gasteiger partial charge in [0.15, 0.2) is 6.17 Å². The predicted octanol–water partition coefficient (Wildman–Crippen LogP) is 4.12. The van der Waals surface area contributed by atoms with E-state index in [2.05, 4.69) is 5.32 Å². The van der Waals surface area contributed by atoms with E-state index in [1.807, 2.05) is 42.5 Å². The Morgan fingerprint density at radius 3 is 2.67 bits per heavy atom. The number of esters is 1. The summed E-state index contributed by atoms with van der Waals surface area (Å²) in [6.07, 6.45) is -0.525. The molecule has 2 aromatic carbocycles. The maximum absolute atomic E-state index is 13.4. The Balaban J connectivity index is 1.69. The molecule has 2 heterocycles. The number of amides is 1. The van der Waals surface area contributed by atoms with Crippen LogP contribution in [0.4, 0.5) is 5.69 Å². The summed E-state index contributed by atoms with van der Waals surface area (Å²) in [6, 6.07) is 18.5. The van der Waals surface area contributed by atoms with Gasteiger partial charge in [0.2, 0.25) is 0 Å². The molecule has 154 valence electrons. The molecular weight excluding hydrogens is 384 g/mol. The zero-order valence-electron chi connectivity index (χ0n) is 16.8. The van der Waals surface area contributed by atoms with Crippen molar-refractivity contribution in [2.45, 2.75) is 26.2 Å². The van der Waals surface area contributed by atoms with Crippen molar-refractivity contribution in [2.24, 2.45) is 0 Å². The molecule has 1 aliphatic heterocycles. The van der Waals surface area contributed by atoms with Crippen molar-refractivity contribution in [1.82, 2.24) is 4.90 Å². The van der Waals surface area contributed by atoms with E-state index < -0.39 is 6.17 Å². The van der Waals surface area contributed by atoms with Crippen molar-refractivity contribution in [2.75, 3.05) is 12.4 Å². The molecule has 1 aromatic heterocycles. The fourth-order valence-electron chi connectivity index (χ4n) is 3.49. The van der Waals surface area contributed by atoms with E-state index in [4.69, 9.17) is 13.9 Å². The Bertz CT molecular complexity index is 1070. The summed E-state index contributed by atoms with van der Waals surface area (Å²) in [4.78, 5) is 26.1. The third-order valence-corrected chi connectivity index (χ3v) is 4.93. The Hall–Kier alpha value is -3.74. The molecule has 4 rings (SSSR count). The van der Waals surface area contributed by atoms with Crippen LogP contribution in [0, 0.1) is 0 Å². The first-order valence-corrected chi connectivity index (χ1v) is 9.57. The van der Waals surface area contributed by atoms with Gasteiger partial charge >= 0.3 is 5.97 Å². The van der Waals surface area contributed by atoms with E-state index >= 15 is 0 Å². The lowest BCUT2D eigenvalue weighted by atomic mass is 10.0. The van der Waals surface area contributed by atoms with Gasteiger partial charge < -0.3 is 24.1 Å². The summed E-state index contributed by atoms with van der Waals surface area (Å²) >= 11 is 0. The number of methoxy groups -OCH3 is 1. The fraction of sp³-hybridized carbons (Fsp3) is 0.217. The lowest BCUT2D eigenvalue weighted by molar-refractivity contribution is -0.142. The molecule has 3 aromatic rings. The number of hydrogen-bond donors (Lipinski definition) is 1. The van der Waals surface area contributed by atoms with Crippen molar-refractivity contribution < 1.29 is 23.5 Å². The van der Waals surface area contributed by atoms with Gasteiger partial charge in [0, 0.05) is 18.2 Å². The van der Waals surface area contributed by atoms with Gasteiger partial charge in [0.1, 0.15) is 23.9 Å². The van der Waals surface area contributed by atoms with Crippen LogP contribution in [-0.2, 0) is 22.7 Å². The molecule has 0 bridgehead atoms. The van der Waals surface area contributed by atoms with Crippen molar-refractivity contribution in [3.8, 4) is 5.75 Å². The van der Waals surface area contributed by atoms with E-state index in [-0.39, 0.29) is 18.5 Å². The minimum Gasteiger partial charge on any atom is -0.496 e. The monoisotopic (exact) mass is 406 g/mol. The van der Waals surface area contributed by atoms with Crippen molar-refractivity contribution in [3.05, 3.63) is 83.3 Å². The number of nitrogens with zero attached hydrogens (tertiary/aromatic N) is 1. The largest absolute Gasteiger partial charge is 0.496 e. The predicted molar refractivity (Wildman–Crippen MR) is 110 cm³/mol. The number of carbonyl (C=O) groups is 2. The third-order valence-electron chi connectivity index (χ3n) is 4.93. The highest BCUT2D eigenvalue weighted by Gasteiger charge is 2.35. The van der Waals surface area contributed by atoms with Crippen LogP contribution >= 0.6 is 0 Å². The second-order valence-corrected chi connectivity index (χ2v) is 6.92. The highest BCUT2D eigenvalue weighted by atomic mass is 16.5. The van der Waals surface area contributed by atoms with E-state index in [0.29, 0.717) is 29.4 Å². The van der Waals surface area contributed by atoms with Crippen LogP contribution in [0.1, 0.15) is 40.5 Å². The second kappa shape index (κ2) is 8.32.